The molecular formula is C20H22FN5O2. The van der Waals surface area contributed by atoms with Gasteiger partial charge < -0.3 is 15.5 Å². The van der Waals surface area contributed by atoms with Crippen molar-refractivity contribution in [1.29, 1.82) is 0 Å². The molecule has 0 radical (unpaired) electrons. The summed E-state index contributed by atoms with van der Waals surface area (Å²) in [6, 6.07) is 9.55. The summed E-state index contributed by atoms with van der Waals surface area (Å²) in [5.41, 5.74) is 0.825. The fourth-order valence-corrected chi connectivity index (χ4v) is 2.80. The first kappa shape index (κ1) is 19.5. The van der Waals surface area contributed by atoms with E-state index in [9.17, 15) is 14.0 Å². The van der Waals surface area contributed by atoms with Gasteiger partial charge in [-0.2, -0.15) is 5.10 Å². The molecule has 0 aliphatic rings. The number of nitrogens with zero attached hydrogens (tertiary/aromatic N) is 3. The number of rotatable bonds is 7. The molecule has 0 saturated carbocycles. The topological polar surface area (TPSA) is 79.3 Å². The van der Waals surface area contributed by atoms with Gasteiger partial charge in [0.15, 0.2) is 0 Å². The number of hydrogen-bond acceptors (Lipinski definition) is 4. The fourth-order valence-electron chi connectivity index (χ4n) is 2.80. The van der Waals surface area contributed by atoms with E-state index in [1.807, 2.05) is 19.0 Å². The number of aromatic nitrogens is 2. The van der Waals surface area contributed by atoms with E-state index in [0.717, 1.165) is 6.54 Å². The Bertz CT molecular complexity index is 999. The van der Waals surface area contributed by atoms with Gasteiger partial charge in [0, 0.05) is 30.2 Å². The van der Waals surface area contributed by atoms with Crippen molar-refractivity contribution in [2.75, 3.05) is 32.5 Å². The minimum atomic E-state index is -0.375. The molecule has 1 heterocycles. The molecule has 1 aromatic heterocycles. The number of likely N-dealkylation sites (N-methyl/N-ethyl adjacent to an activating group) is 1. The number of anilines is 1. The average molecular weight is 383 g/mol. The lowest BCUT2D eigenvalue weighted by atomic mass is 10.0. The number of hydrogen-bond donors (Lipinski definition) is 2. The number of carbonyl (C=O) groups is 2. The molecule has 0 spiro atoms. The Morgan fingerprint density at radius 2 is 1.89 bits per heavy atom. The first-order chi connectivity index (χ1) is 13.4. The molecule has 2 aromatic carbocycles. The quantitative estimate of drug-likeness (QED) is 0.655. The third kappa shape index (κ3) is 4.72. The summed E-state index contributed by atoms with van der Waals surface area (Å²) >= 11 is 0. The minimum absolute atomic E-state index is 0.0583. The van der Waals surface area contributed by atoms with Crippen molar-refractivity contribution < 1.29 is 14.0 Å². The lowest BCUT2D eigenvalue weighted by Crippen LogP contribution is -2.33. The predicted octanol–water partition coefficient (Wildman–Crippen LogP) is 2.11. The van der Waals surface area contributed by atoms with Crippen LogP contribution in [0, 0.1) is 5.82 Å². The normalized spacial score (nSPS) is 11.0. The first-order valence-corrected chi connectivity index (χ1v) is 8.86. The maximum absolute atomic E-state index is 13.9. The molecule has 0 aliphatic carbocycles. The molecule has 0 bridgehead atoms. The lowest BCUT2D eigenvalue weighted by molar-refractivity contribution is -0.121. The zero-order valence-electron chi connectivity index (χ0n) is 15.8. The molecule has 0 aliphatic heterocycles. The first-order valence-electron chi connectivity index (χ1n) is 8.86. The van der Waals surface area contributed by atoms with Gasteiger partial charge in [0.1, 0.15) is 12.4 Å². The van der Waals surface area contributed by atoms with Gasteiger partial charge in [0.25, 0.3) is 5.91 Å². The highest BCUT2D eigenvalue weighted by Crippen LogP contribution is 2.22. The Morgan fingerprint density at radius 3 is 2.64 bits per heavy atom. The Balaban J connectivity index is 1.65. The van der Waals surface area contributed by atoms with Gasteiger partial charge in [-0.3, -0.25) is 14.3 Å². The number of benzene rings is 2. The van der Waals surface area contributed by atoms with Crippen molar-refractivity contribution >= 4 is 28.3 Å². The maximum atomic E-state index is 13.9. The van der Waals surface area contributed by atoms with Crippen LogP contribution in [0.5, 0.6) is 0 Å². The Kier molecular flexibility index (Phi) is 6.00. The minimum Gasteiger partial charge on any atom is -0.353 e. The van der Waals surface area contributed by atoms with Crippen molar-refractivity contribution in [2.45, 2.75) is 6.54 Å². The van der Waals surface area contributed by atoms with E-state index in [1.165, 1.54) is 23.0 Å². The summed E-state index contributed by atoms with van der Waals surface area (Å²) in [6.07, 6.45) is 3.05. The number of halogens is 1. The van der Waals surface area contributed by atoms with E-state index in [1.54, 1.807) is 30.5 Å². The second-order valence-electron chi connectivity index (χ2n) is 6.67. The molecule has 0 unspecified atom stereocenters. The number of amides is 2. The maximum Gasteiger partial charge on any atom is 0.256 e. The van der Waals surface area contributed by atoms with Gasteiger partial charge in [0.2, 0.25) is 5.91 Å². The van der Waals surface area contributed by atoms with E-state index < -0.39 is 0 Å². The van der Waals surface area contributed by atoms with Gasteiger partial charge in [-0.25, -0.2) is 4.39 Å². The van der Waals surface area contributed by atoms with E-state index in [2.05, 4.69) is 15.7 Å². The molecule has 3 rings (SSSR count). The Labute approximate surface area is 162 Å². The Morgan fingerprint density at radius 1 is 1.14 bits per heavy atom. The van der Waals surface area contributed by atoms with Crippen LogP contribution in [0.1, 0.15) is 10.4 Å². The van der Waals surface area contributed by atoms with Gasteiger partial charge >= 0.3 is 0 Å². The highest BCUT2D eigenvalue weighted by molar-refractivity contribution is 6.12. The summed E-state index contributed by atoms with van der Waals surface area (Å²) in [5.74, 6) is -0.904. The van der Waals surface area contributed by atoms with Crippen molar-refractivity contribution in [3.05, 3.63) is 60.2 Å². The number of fused-ring (bicyclic) bond motifs is 1. The van der Waals surface area contributed by atoms with E-state index in [4.69, 9.17) is 0 Å². The van der Waals surface area contributed by atoms with Crippen molar-refractivity contribution in [3.8, 4) is 0 Å². The predicted molar refractivity (Wildman–Crippen MR) is 106 cm³/mol. The summed E-state index contributed by atoms with van der Waals surface area (Å²) in [6.45, 7) is 1.36. The second kappa shape index (κ2) is 8.62. The summed E-state index contributed by atoms with van der Waals surface area (Å²) < 4.78 is 15.4. The van der Waals surface area contributed by atoms with Crippen molar-refractivity contribution in [3.63, 3.8) is 0 Å². The van der Waals surface area contributed by atoms with Crippen LogP contribution in [-0.4, -0.2) is 53.7 Å². The molecule has 2 N–H and O–H groups in total. The zero-order valence-corrected chi connectivity index (χ0v) is 15.8. The van der Waals surface area contributed by atoms with E-state index in [-0.39, 0.29) is 24.2 Å². The molecule has 7 nitrogen and oxygen atoms in total. The third-order valence-electron chi connectivity index (χ3n) is 4.19. The molecule has 28 heavy (non-hydrogen) atoms. The number of carbonyl (C=O) groups excluding carboxylic acids is 2. The molecule has 0 saturated heterocycles. The van der Waals surface area contributed by atoms with Crippen LogP contribution in [0.4, 0.5) is 10.1 Å². The van der Waals surface area contributed by atoms with E-state index >= 15 is 0 Å². The van der Waals surface area contributed by atoms with Gasteiger partial charge in [-0.1, -0.05) is 24.3 Å². The standard InChI is InChI=1S/C20H22FN5O2/c1-25(2)10-9-22-19(27)13-26-12-14(11-23-26)24-20(28)17-7-8-18(21)16-6-4-3-5-15(16)17/h3-8,11-12H,9-10,13H2,1-2H3,(H,22,27)(H,24,28). The highest BCUT2D eigenvalue weighted by Gasteiger charge is 2.14. The molecule has 8 heteroatoms. The second-order valence-corrected chi connectivity index (χ2v) is 6.67. The van der Waals surface area contributed by atoms with Crippen molar-refractivity contribution in [1.82, 2.24) is 20.0 Å². The van der Waals surface area contributed by atoms with E-state index in [0.29, 0.717) is 28.6 Å². The largest absolute Gasteiger partial charge is 0.353 e. The van der Waals surface area contributed by atoms with Gasteiger partial charge in [0.05, 0.1) is 11.9 Å². The van der Waals surface area contributed by atoms with Crippen LogP contribution in [0.2, 0.25) is 0 Å². The average Bonchev–Trinajstić information content (AvgIpc) is 3.08. The molecular weight excluding hydrogens is 361 g/mol. The monoisotopic (exact) mass is 383 g/mol. The van der Waals surface area contributed by atoms with Crippen LogP contribution < -0.4 is 10.6 Å². The van der Waals surface area contributed by atoms with Gasteiger partial charge in [-0.15, -0.1) is 0 Å². The fraction of sp³-hybridized carbons (Fsp3) is 0.250. The molecule has 2 amide bonds. The number of nitrogens with one attached hydrogen (secondary N) is 2. The summed E-state index contributed by atoms with van der Waals surface area (Å²) in [5, 5.41) is 10.6. The highest BCUT2D eigenvalue weighted by atomic mass is 19.1. The van der Waals surface area contributed by atoms with Crippen LogP contribution in [0.3, 0.4) is 0 Å². The molecule has 146 valence electrons. The molecule has 0 atom stereocenters. The van der Waals surface area contributed by atoms with Crippen LogP contribution in [0.15, 0.2) is 48.8 Å². The van der Waals surface area contributed by atoms with Crippen molar-refractivity contribution in [2.24, 2.45) is 0 Å². The molecule has 0 fully saturated rings. The third-order valence-corrected chi connectivity index (χ3v) is 4.19. The van der Waals surface area contributed by atoms with Gasteiger partial charge in [-0.05, 0) is 31.6 Å². The molecule has 3 aromatic rings. The SMILES string of the molecule is CN(C)CCNC(=O)Cn1cc(NC(=O)c2ccc(F)c3ccccc23)cn1. The smallest absolute Gasteiger partial charge is 0.256 e. The summed E-state index contributed by atoms with van der Waals surface area (Å²) in [4.78, 5) is 26.5. The van der Waals surface area contributed by atoms with Crippen LogP contribution >= 0.6 is 0 Å². The Hall–Kier alpha value is -3.26. The summed E-state index contributed by atoms with van der Waals surface area (Å²) in [7, 11) is 3.86. The lowest BCUT2D eigenvalue weighted by Gasteiger charge is -2.10. The van der Waals surface area contributed by atoms with Crippen LogP contribution in [0.25, 0.3) is 10.8 Å². The zero-order chi connectivity index (χ0) is 20.1. The van der Waals surface area contributed by atoms with Crippen LogP contribution in [-0.2, 0) is 11.3 Å².